The van der Waals surface area contributed by atoms with Crippen LogP contribution in [-0.2, 0) is 18.9 Å². The molecule has 320 valence electrons. The second kappa shape index (κ2) is 13.4. The van der Waals surface area contributed by atoms with Gasteiger partial charge in [-0.05, 0) is 0 Å². The Morgan fingerprint density at radius 1 is 0.264 bits per heavy atom. The van der Waals surface area contributed by atoms with Gasteiger partial charge >= 0.3 is 90.3 Å². The lowest BCUT2D eigenvalue weighted by molar-refractivity contribution is -0.567. The fourth-order valence-corrected chi connectivity index (χ4v) is 2.51. The zero-order valence-electron chi connectivity index (χ0n) is 22.8. The van der Waals surface area contributed by atoms with Crippen LogP contribution in [0.4, 0.5) is 132 Å². The Kier molecular flexibility index (Phi) is 12.8. The van der Waals surface area contributed by atoms with Crippen molar-refractivity contribution in [3.63, 3.8) is 0 Å². The molecule has 0 aliphatic carbocycles. The van der Waals surface area contributed by atoms with Crippen molar-refractivity contribution < 1.29 is 161 Å². The van der Waals surface area contributed by atoms with Crippen molar-refractivity contribution in [3.05, 3.63) is 0 Å². The Morgan fingerprint density at radius 3 is 0.623 bits per heavy atom. The average Bonchev–Trinajstić information content (AvgIpc) is 2.88. The number of rotatable bonds is 16. The van der Waals surface area contributed by atoms with Gasteiger partial charge in [-0.15, -0.1) is 0 Å². The lowest BCUT2D eigenvalue weighted by atomic mass is 10.0. The average molecular weight is 876 g/mol. The van der Waals surface area contributed by atoms with Crippen LogP contribution in [0.1, 0.15) is 0 Å². The standard InChI is InChI=1S/C17H6F30O6/c18-3(1-48,10(28,29)30)50-16(44,45)8(26,12(34,35)36)52-14(40,41)6(22,23)5(20,21)7(24,25)15(42,43)53-9(27,13(37,38)39)17(46,47)51-4(19,2-49)11(31,32)33/h48-49H,1-2H2/t3-,4+,8-,9-/m1/s1. The lowest BCUT2D eigenvalue weighted by Gasteiger charge is -2.44. The molecule has 2 N–H and O–H groups in total. The van der Waals surface area contributed by atoms with Gasteiger partial charge in [0.1, 0.15) is 13.2 Å². The highest BCUT2D eigenvalue weighted by atomic mass is 19.4. The minimum atomic E-state index is -9.61. The molecule has 0 spiro atoms. The number of aliphatic hydroxyl groups excluding tert-OH is 2. The van der Waals surface area contributed by atoms with Gasteiger partial charge in [0.15, 0.2) is 0 Å². The predicted octanol–water partition coefficient (Wildman–Crippen LogP) is 8.23. The van der Waals surface area contributed by atoms with Gasteiger partial charge in [0.05, 0.1) is 0 Å². The van der Waals surface area contributed by atoms with Crippen molar-refractivity contribution in [1.82, 2.24) is 0 Å². The molecule has 0 aromatic rings. The first-order valence-corrected chi connectivity index (χ1v) is 11.1. The zero-order valence-corrected chi connectivity index (χ0v) is 22.8. The van der Waals surface area contributed by atoms with Crippen LogP contribution < -0.4 is 0 Å². The van der Waals surface area contributed by atoms with Crippen molar-refractivity contribution in [3.8, 4) is 0 Å². The molecule has 0 bridgehead atoms. The first kappa shape index (κ1) is 50.7. The molecule has 0 rings (SSSR count). The second-order valence-corrected chi connectivity index (χ2v) is 9.15. The van der Waals surface area contributed by atoms with Crippen LogP contribution in [0.2, 0.25) is 0 Å². The molecule has 0 heterocycles. The summed E-state index contributed by atoms with van der Waals surface area (Å²) in [5.41, 5.74) is 0. The lowest BCUT2D eigenvalue weighted by Crippen LogP contribution is -2.73. The summed E-state index contributed by atoms with van der Waals surface area (Å²) >= 11 is 0. The van der Waals surface area contributed by atoms with Gasteiger partial charge in [0.2, 0.25) is 0 Å². The SMILES string of the molecule is OC[C@@](F)(OC(F)(F)[C@](F)(OC(F)(F)C(F)(F)C(F)(F)C(F)(F)C(F)(F)O[C@](F)(C(F)(F)F)C(F)(F)O[C@@](F)(CO)C(F)(F)F)C(F)(F)F)C(F)(F)F. The number of halogens is 30. The smallest absolute Gasteiger partial charge is 0.390 e. The summed E-state index contributed by atoms with van der Waals surface area (Å²) in [7, 11) is 0. The van der Waals surface area contributed by atoms with E-state index in [0.717, 1.165) is 9.47 Å². The van der Waals surface area contributed by atoms with Crippen LogP contribution in [0.15, 0.2) is 0 Å². The number of aliphatic hydroxyl groups is 2. The fraction of sp³-hybridized carbons (Fsp3) is 1.00. The van der Waals surface area contributed by atoms with E-state index in [1.54, 1.807) is 0 Å². The van der Waals surface area contributed by atoms with Crippen LogP contribution in [0.3, 0.4) is 0 Å². The van der Waals surface area contributed by atoms with Gasteiger partial charge in [0.25, 0.3) is 0 Å². The van der Waals surface area contributed by atoms with E-state index >= 15 is 0 Å². The molecule has 0 aliphatic heterocycles. The highest BCUT2D eigenvalue weighted by molar-refractivity contribution is 5.07. The molecular weight excluding hydrogens is 870 g/mol. The Balaban J connectivity index is 7.45. The minimum Gasteiger partial charge on any atom is -0.390 e. The third-order valence-corrected chi connectivity index (χ3v) is 5.37. The van der Waals surface area contributed by atoms with E-state index in [0.29, 0.717) is 0 Å². The minimum absolute atomic E-state index is 0.895. The number of hydrogen-bond acceptors (Lipinski definition) is 6. The summed E-state index contributed by atoms with van der Waals surface area (Å²) in [4.78, 5) is 0. The van der Waals surface area contributed by atoms with Crippen LogP contribution in [0, 0.1) is 0 Å². The summed E-state index contributed by atoms with van der Waals surface area (Å²) in [5, 5.41) is 16.2. The second-order valence-electron chi connectivity index (χ2n) is 9.15. The molecule has 0 saturated heterocycles. The van der Waals surface area contributed by atoms with Crippen LogP contribution in [0.25, 0.3) is 0 Å². The highest BCUT2D eigenvalue weighted by Crippen LogP contribution is 2.63. The normalized spacial score (nSPS) is 20.4. The molecule has 4 atom stereocenters. The maximum atomic E-state index is 14.2. The Hall–Kier alpha value is -2.34. The molecule has 36 heteroatoms. The molecule has 0 aromatic carbocycles. The van der Waals surface area contributed by atoms with Gasteiger partial charge in [0, 0.05) is 0 Å². The van der Waals surface area contributed by atoms with Crippen molar-refractivity contribution in [2.24, 2.45) is 0 Å². The van der Waals surface area contributed by atoms with E-state index in [2.05, 4.69) is 0 Å². The highest BCUT2D eigenvalue weighted by Gasteiger charge is 2.93. The quantitative estimate of drug-likeness (QED) is 0.152. The maximum Gasteiger partial charge on any atom is 0.458 e. The predicted molar refractivity (Wildman–Crippen MR) is 92.7 cm³/mol. The molecule has 0 saturated carbocycles. The van der Waals surface area contributed by atoms with Gasteiger partial charge in [-0.3, -0.25) is 18.9 Å². The van der Waals surface area contributed by atoms with E-state index < -0.39 is 104 Å². The Labute approximate surface area is 266 Å². The topological polar surface area (TPSA) is 77.4 Å². The molecule has 0 radical (unpaired) electrons. The van der Waals surface area contributed by atoms with Gasteiger partial charge < -0.3 is 10.2 Å². The first-order chi connectivity index (χ1) is 22.4. The van der Waals surface area contributed by atoms with Gasteiger partial charge in [-0.25, -0.2) is 0 Å². The van der Waals surface area contributed by atoms with E-state index in [-0.39, 0.29) is 0 Å². The van der Waals surface area contributed by atoms with E-state index in [1.165, 1.54) is 9.47 Å². The maximum absolute atomic E-state index is 14.2. The Morgan fingerprint density at radius 2 is 0.472 bits per heavy atom. The summed E-state index contributed by atoms with van der Waals surface area (Å²) < 4.78 is 406. The van der Waals surface area contributed by atoms with Crippen molar-refractivity contribution in [2.75, 3.05) is 13.2 Å². The molecule has 0 amide bonds. The van der Waals surface area contributed by atoms with Crippen molar-refractivity contribution in [1.29, 1.82) is 0 Å². The van der Waals surface area contributed by atoms with Crippen LogP contribution >= 0.6 is 0 Å². The molecule has 0 aromatic heterocycles. The molecule has 0 aliphatic rings. The van der Waals surface area contributed by atoms with Crippen LogP contribution in [-0.4, -0.2) is 114 Å². The summed E-state index contributed by atoms with van der Waals surface area (Å²) in [6.45, 7) is -7.57. The number of ether oxygens (including phenoxy) is 4. The largest absolute Gasteiger partial charge is 0.458 e. The van der Waals surface area contributed by atoms with Crippen molar-refractivity contribution in [2.45, 2.75) is 90.3 Å². The molecule has 0 fully saturated rings. The Bertz CT molecular complexity index is 1180. The van der Waals surface area contributed by atoms with E-state index in [1.807, 2.05) is 0 Å². The first-order valence-electron chi connectivity index (χ1n) is 11.1. The molecule has 6 nitrogen and oxygen atoms in total. The third kappa shape index (κ3) is 8.15. The van der Waals surface area contributed by atoms with Gasteiger partial charge in [-0.2, -0.15) is 132 Å². The number of hydrogen-bond donors (Lipinski definition) is 2. The van der Waals surface area contributed by atoms with Crippen LogP contribution in [0.5, 0.6) is 0 Å². The van der Waals surface area contributed by atoms with Crippen molar-refractivity contribution >= 4 is 0 Å². The van der Waals surface area contributed by atoms with E-state index in [9.17, 15) is 132 Å². The fourth-order valence-electron chi connectivity index (χ4n) is 2.51. The number of alkyl halides is 30. The monoisotopic (exact) mass is 876 g/mol. The zero-order chi connectivity index (χ0) is 43.7. The van der Waals surface area contributed by atoms with Gasteiger partial charge in [-0.1, -0.05) is 0 Å². The summed E-state index contributed by atoms with van der Waals surface area (Å²) in [6.07, 6.45) is -67.1. The summed E-state index contributed by atoms with van der Waals surface area (Å²) in [5.74, 6) is -59.9. The molecule has 0 unspecified atom stereocenters. The summed E-state index contributed by atoms with van der Waals surface area (Å²) in [6, 6.07) is 0. The molecular formula is C17H6F30O6. The molecule has 53 heavy (non-hydrogen) atoms. The third-order valence-electron chi connectivity index (χ3n) is 5.37. The van der Waals surface area contributed by atoms with E-state index in [4.69, 9.17) is 10.2 Å².